The number of aliphatic imine (C=N–C) groups is 1. The summed E-state index contributed by atoms with van der Waals surface area (Å²) < 4.78 is 0. The normalized spacial score (nSPS) is 31.1. The molecule has 4 nitrogen and oxygen atoms in total. The minimum atomic E-state index is -0.649. The van der Waals surface area contributed by atoms with E-state index in [1.165, 1.54) is 11.1 Å². The molecule has 32 heavy (non-hydrogen) atoms. The van der Waals surface area contributed by atoms with Gasteiger partial charge in [-0.1, -0.05) is 74.5 Å². The Kier molecular flexibility index (Phi) is 5.90. The lowest BCUT2D eigenvalue weighted by Gasteiger charge is -2.60. The molecule has 3 aliphatic heterocycles. The maximum atomic E-state index is 13.7. The first-order chi connectivity index (χ1) is 15.6. The molecule has 4 bridgehead atoms. The Morgan fingerprint density at radius 3 is 2.47 bits per heavy atom. The molecule has 168 valence electrons. The van der Waals surface area contributed by atoms with Crippen LogP contribution in [0.2, 0.25) is 0 Å². The molecule has 1 amide bonds. The highest BCUT2D eigenvalue weighted by atomic mass is 16.2. The Hall–Kier alpha value is -2.46. The topological polar surface area (TPSA) is 44.7 Å². The van der Waals surface area contributed by atoms with Crippen molar-refractivity contribution in [3.63, 3.8) is 0 Å². The number of carbonyl (C=O) groups is 1. The molecule has 1 saturated carbocycles. The summed E-state index contributed by atoms with van der Waals surface area (Å²) in [5, 5.41) is 3.27. The van der Waals surface area contributed by atoms with Crippen LogP contribution in [-0.2, 0) is 17.8 Å². The summed E-state index contributed by atoms with van der Waals surface area (Å²) in [5.74, 6) is 1.76. The van der Waals surface area contributed by atoms with Crippen molar-refractivity contribution in [1.82, 2.24) is 10.2 Å². The molecule has 1 N–H and O–H groups in total. The average molecular weight is 430 g/mol. The molecular weight excluding hydrogens is 394 g/mol. The minimum absolute atomic E-state index is 0.137. The number of carbonyl (C=O) groups excluding carboxylic acids is 1. The fourth-order valence-corrected chi connectivity index (χ4v) is 6.30. The van der Waals surface area contributed by atoms with Crippen LogP contribution in [0.5, 0.6) is 0 Å². The third-order valence-corrected chi connectivity index (χ3v) is 7.81. The Bertz CT molecular complexity index is 957. The second-order valence-electron chi connectivity index (χ2n) is 10.4. The predicted molar refractivity (Wildman–Crippen MR) is 130 cm³/mol. The van der Waals surface area contributed by atoms with E-state index in [2.05, 4.69) is 90.9 Å². The third kappa shape index (κ3) is 3.90. The summed E-state index contributed by atoms with van der Waals surface area (Å²) in [6, 6.07) is 21.8. The van der Waals surface area contributed by atoms with E-state index in [0.29, 0.717) is 30.3 Å². The standard InChI is InChI=1S/C28H35N3O/c1-20(2)17-29-27(32)28-16-23-13-14-31(19-22-11-7-4-8-12-22)26(24(23)18-30-28)25(28)15-21-9-5-3-6-10-21/h3-12,18,20,23-26H,13-17,19H2,1-2H3,(H,29,32)/t23-,24+,25+,26-,28-/m0/s1. The summed E-state index contributed by atoms with van der Waals surface area (Å²) in [7, 11) is 0. The molecule has 4 heteroatoms. The Morgan fingerprint density at radius 1 is 1.09 bits per heavy atom. The van der Waals surface area contributed by atoms with Gasteiger partial charge in [0.15, 0.2) is 0 Å². The second kappa shape index (κ2) is 8.82. The monoisotopic (exact) mass is 429 g/mol. The van der Waals surface area contributed by atoms with Crippen molar-refractivity contribution < 1.29 is 4.79 Å². The highest BCUT2D eigenvalue weighted by molar-refractivity contribution is 5.91. The SMILES string of the molecule is CC(C)CNC(=O)[C@@]12C[C@@H]3CCN(Cc4ccccc4)[C@@H]([C@@H]3C=N1)[C@H]2Cc1ccccc1. The van der Waals surface area contributed by atoms with Crippen molar-refractivity contribution in [3.05, 3.63) is 71.8 Å². The molecule has 6 rings (SSSR count). The number of nitrogens with one attached hydrogen (secondary N) is 1. The molecule has 3 heterocycles. The molecule has 0 spiro atoms. The lowest BCUT2D eigenvalue weighted by Crippen LogP contribution is -2.70. The number of amides is 1. The zero-order valence-corrected chi connectivity index (χ0v) is 19.3. The molecule has 2 fully saturated rings. The van der Waals surface area contributed by atoms with Crippen molar-refractivity contribution >= 4 is 12.1 Å². The van der Waals surface area contributed by atoms with E-state index >= 15 is 0 Å². The summed E-state index contributed by atoms with van der Waals surface area (Å²) in [6.45, 7) is 7.05. The number of likely N-dealkylation sites (tertiary alicyclic amines) is 1. The smallest absolute Gasteiger partial charge is 0.248 e. The quantitative estimate of drug-likeness (QED) is 0.711. The van der Waals surface area contributed by atoms with Crippen LogP contribution >= 0.6 is 0 Å². The van der Waals surface area contributed by atoms with Gasteiger partial charge in [-0.05, 0) is 48.8 Å². The molecule has 2 aromatic carbocycles. The highest BCUT2D eigenvalue weighted by Crippen LogP contribution is 2.53. The zero-order chi connectivity index (χ0) is 22.1. The minimum Gasteiger partial charge on any atom is -0.354 e. The van der Waals surface area contributed by atoms with Gasteiger partial charge in [0.25, 0.3) is 0 Å². The zero-order valence-electron chi connectivity index (χ0n) is 19.3. The van der Waals surface area contributed by atoms with Gasteiger partial charge in [0.1, 0.15) is 5.54 Å². The Balaban J connectivity index is 1.51. The predicted octanol–water partition coefficient (Wildman–Crippen LogP) is 4.35. The van der Waals surface area contributed by atoms with Gasteiger partial charge in [-0.2, -0.15) is 0 Å². The Labute approximate surface area is 192 Å². The first-order valence-corrected chi connectivity index (χ1v) is 12.2. The van der Waals surface area contributed by atoms with E-state index in [-0.39, 0.29) is 11.8 Å². The van der Waals surface area contributed by atoms with Crippen LogP contribution in [0.15, 0.2) is 65.7 Å². The van der Waals surface area contributed by atoms with Crippen molar-refractivity contribution in [2.75, 3.05) is 13.1 Å². The number of benzene rings is 2. The van der Waals surface area contributed by atoms with E-state index in [4.69, 9.17) is 4.99 Å². The van der Waals surface area contributed by atoms with E-state index in [9.17, 15) is 4.79 Å². The first kappa shape index (κ1) is 21.4. The number of rotatable bonds is 7. The fourth-order valence-electron chi connectivity index (χ4n) is 6.30. The molecular formula is C28H35N3O. The van der Waals surface area contributed by atoms with E-state index in [1.807, 2.05) is 0 Å². The van der Waals surface area contributed by atoms with Crippen LogP contribution in [0.25, 0.3) is 0 Å². The Morgan fingerprint density at radius 2 is 1.78 bits per heavy atom. The third-order valence-electron chi connectivity index (χ3n) is 7.81. The van der Waals surface area contributed by atoms with Crippen LogP contribution in [0.1, 0.15) is 37.8 Å². The van der Waals surface area contributed by atoms with Crippen LogP contribution in [0.4, 0.5) is 0 Å². The van der Waals surface area contributed by atoms with Gasteiger partial charge in [0.05, 0.1) is 0 Å². The summed E-state index contributed by atoms with van der Waals surface area (Å²) >= 11 is 0. The van der Waals surface area contributed by atoms with Crippen LogP contribution in [0, 0.1) is 23.7 Å². The van der Waals surface area contributed by atoms with Gasteiger partial charge in [-0.3, -0.25) is 14.7 Å². The first-order valence-electron chi connectivity index (χ1n) is 12.2. The van der Waals surface area contributed by atoms with Crippen LogP contribution < -0.4 is 5.32 Å². The molecule has 4 aliphatic rings. The summed E-state index contributed by atoms with van der Waals surface area (Å²) in [5.41, 5.74) is 2.00. The number of nitrogens with zero attached hydrogens (tertiary/aromatic N) is 2. The van der Waals surface area contributed by atoms with E-state index in [1.54, 1.807) is 0 Å². The average Bonchev–Trinajstić information content (AvgIpc) is 2.82. The lowest BCUT2D eigenvalue weighted by atomic mass is 9.55. The maximum absolute atomic E-state index is 13.7. The van der Waals surface area contributed by atoms with Gasteiger partial charge in [0, 0.05) is 37.2 Å². The van der Waals surface area contributed by atoms with Gasteiger partial charge < -0.3 is 5.32 Å². The van der Waals surface area contributed by atoms with Crippen molar-refractivity contribution in [3.8, 4) is 0 Å². The second-order valence-corrected chi connectivity index (χ2v) is 10.4. The summed E-state index contributed by atoms with van der Waals surface area (Å²) in [6.07, 6.45) is 5.10. The molecule has 5 atom stereocenters. The van der Waals surface area contributed by atoms with Gasteiger partial charge in [-0.15, -0.1) is 0 Å². The number of piperidine rings is 1. The van der Waals surface area contributed by atoms with Gasteiger partial charge in [0.2, 0.25) is 5.91 Å². The van der Waals surface area contributed by atoms with E-state index < -0.39 is 5.54 Å². The fraction of sp³-hybridized carbons (Fsp3) is 0.500. The highest BCUT2D eigenvalue weighted by Gasteiger charge is 2.61. The molecule has 2 aromatic rings. The van der Waals surface area contributed by atoms with Crippen LogP contribution in [0.3, 0.4) is 0 Å². The maximum Gasteiger partial charge on any atom is 0.248 e. The van der Waals surface area contributed by atoms with Gasteiger partial charge >= 0.3 is 0 Å². The van der Waals surface area contributed by atoms with Crippen molar-refractivity contribution in [2.45, 2.75) is 51.2 Å². The van der Waals surface area contributed by atoms with Gasteiger partial charge in [-0.25, -0.2) is 0 Å². The molecule has 0 unspecified atom stereocenters. The molecule has 0 radical (unpaired) electrons. The summed E-state index contributed by atoms with van der Waals surface area (Å²) in [4.78, 5) is 21.4. The van der Waals surface area contributed by atoms with Crippen LogP contribution in [-0.4, -0.2) is 41.7 Å². The number of hydrogen-bond donors (Lipinski definition) is 1. The lowest BCUT2D eigenvalue weighted by molar-refractivity contribution is -0.138. The number of hydrogen-bond acceptors (Lipinski definition) is 3. The molecule has 1 aliphatic carbocycles. The van der Waals surface area contributed by atoms with E-state index in [0.717, 1.165) is 32.4 Å². The van der Waals surface area contributed by atoms with Crippen molar-refractivity contribution in [2.24, 2.45) is 28.7 Å². The largest absolute Gasteiger partial charge is 0.354 e. The molecule has 0 aromatic heterocycles. The van der Waals surface area contributed by atoms with Crippen molar-refractivity contribution in [1.29, 1.82) is 0 Å². The molecule has 1 saturated heterocycles.